The normalized spacial score (nSPS) is 12.2. The average molecular weight is 393 g/mol. The van der Waals surface area contributed by atoms with Gasteiger partial charge in [0.15, 0.2) is 6.10 Å². The lowest BCUT2D eigenvalue weighted by molar-refractivity contribution is -0.143. The predicted octanol–water partition coefficient (Wildman–Crippen LogP) is 2.70. The van der Waals surface area contributed by atoms with Crippen molar-refractivity contribution in [2.24, 2.45) is 5.10 Å². The average Bonchev–Trinajstić information content (AvgIpc) is 3.00. The van der Waals surface area contributed by atoms with Crippen LogP contribution in [0.1, 0.15) is 29.8 Å². The monoisotopic (exact) mass is 393 g/mol. The molecule has 1 amide bonds. The van der Waals surface area contributed by atoms with Gasteiger partial charge < -0.3 is 14.4 Å². The molecule has 0 fully saturated rings. The second-order valence-corrected chi connectivity index (χ2v) is 6.45. The number of aromatic nitrogens is 1. The predicted molar refractivity (Wildman–Crippen MR) is 110 cm³/mol. The van der Waals surface area contributed by atoms with Crippen molar-refractivity contribution in [2.45, 2.75) is 26.5 Å². The van der Waals surface area contributed by atoms with Gasteiger partial charge in [0.05, 0.1) is 12.8 Å². The number of benzene rings is 2. The summed E-state index contributed by atoms with van der Waals surface area (Å²) in [6.45, 7) is 4.05. The molecule has 0 radical (unpaired) electrons. The summed E-state index contributed by atoms with van der Waals surface area (Å²) in [6.07, 6.45) is 0.217. The first-order valence-corrected chi connectivity index (χ1v) is 9.32. The van der Waals surface area contributed by atoms with E-state index in [1.807, 2.05) is 35.8 Å². The van der Waals surface area contributed by atoms with E-state index in [0.29, 0.717) is 12.2 Å². The van der Waals surface area contributed by atoms with E-state index >= 15 is 0 Å². The largest absolute Gasteiger partial charge is 0.465 e. The highest BCUT2D eigenvalue weighted by Gasteiger charge is 2.17. The summed E-state index contributed by atoms with van der Waals surface area (Å²) in [5, 5.41) is 15.0. The van der Waals surface area contributed by atoms with Crippen molar-refractivity contribution in [3.63, 3.8) is 0 Å². The van der Waals surface area contributed by atoms with Crippen molar-refractivity contribution < 1.29 is 19.4 Å². The Balaban J connectivity index is 1.82. The first-order chi connectivity index (χ1) is 14.0. The highest BCUT2D eigenvalue weighted by atomic mass is 16.5. The van der Waals surface area contributed by atoms with Gasteiger partial charge in [0.2, 0.25) is 0 Å². The molecular formula is C22H23N3O4. The van der Waals surface area contributed by atoms with Crippen molar-refractivity contribution in [1.29, 1.82) is 0 Å². The Morgan fingerprint density at radius 2 is 1.86 bits per heavy atom. The molecule has 150 valence electrons. The van der Waals surface area contributed by atoms with E-state index in [0.717, 1.165) is 22.2 Å². The molecule has 7 heteroatoms. The van der Waals surface area contributed by atoms with E-state index in [1.54, 1.807) is 37.3 Å². The third kappa shape index (κ3) is 4.52. The summed E-state index contributed by atoms with van der Waals surface area (Å²) in [7, 11) is 0. The number of esters is 1. The summed E-state index contributed by atoms with van der Waals surface area (Å²) < 4.78 is 6.92. The minimum Gasteiger partial charge on any atom is -0.465 e. The lowest BCUT2D eigenvalue weighted by Gasteiger charge is -2.08. The molecule has 0 bridgehead atoms. The number of rotatable bonds is 7. The molecule has 2 aromatic carbocycles. The van der Waals surface area contributed by atoms with Crippen molar-refractivity contribution in [3.8, 4) is 0 Å². The maximum Gasteiger partial charge on any atom is 0.325 e. The number of carbonyl (C=O) groups excluding carboxylic acids is 2. The lowest BCUT2D eigenvalue weighted by Crippen LogP contribution is -2.25. The van der Waals surface area contributed by atoms with Gasteiger partial charge in [0, 0.05) is 22.2 Å². The number of aliphatic hydroxyl groups is 1. The number of hydrogen-bond acceptors (Lipinski definition) is 5. The Morgan fingerprint density at radius 1 is 1.17 bits per heavy atom. The zero-order valence-corrected chi connectivity index (χ0v) is 16.3. The van der Waals surface area contributed by atoms with E-state index in [1.165, 1.54) is 6.21 Å². The molecule has 1 unspecified atom stereocenters. The summed E-state index contributed by atoms with van der Waals surface area (Å²) in [4.78, 5) is 24.1. The minimum absolute atomic E-state index is 0.0904. The summed E-state index contributed by atoms with van der Waals surface area (Å²) in [5.41, 5.74) is 5.33. The maximum atomic E-state index is 12.2. The van der Waals surface area contributed by atoms with Gasteiger partial charge in [-0.05, 0) is 25.5 Å². The Hall–Kier alpha value is -3.45. The SMILES string of the molecule is CCOC(=O)Cn1c(C)c(/C=N/NC(=O)C(O)c2ccccc2)c2ccccc21. The van der Waals surface area contributed by atoms with Gasteiger partial charge in [-0.1, -0.05) is 48.5 Å². The number of carbonyl (C=O) groups is 2. The second-order valence-electron chi connectivity index (χ2n) is 6.45. The molecule has 0 saturated heterocycles. The Bertz CT molecular complexity index is 1040. The Kier molecular flexibility index (Phi) is 6.41. The molecule has 3 aromatic rings. The fraction of sp³-hybridized carbons (Fsp3) is 0.227. The molecule has 3 rings (SSSR count). The fourth-order valence-corrected chi connectivity index (χ4v) is 3.17. The number of ether oxygens (including phenoxy) is 1. The van der Waals surface area contributed by atoms with Gasteiger partial charge in [0.1, 0.15) is 6.54 Å². The van der Waals surface area contributed by atoms with E-state index in [4.69, 9.17) is 4.74 Å². The molecule has 0 saturated carbocycles. The Labute approximate surface area is 168 Å². The van der Waals surface area contributed by atoms with E-state index in [2.05, 4.69) is 10.5 Å². The van der Waals surface area contributed by atoms with Crippen LogP contribution >= 0.6 is 0 Å². The number of nitrogens with zero attached hydrogens (tertiary/aromatic N) is 2. The summed E-state index contributed by atoms with van der Waals surface area (Å²) >= 11 is 0. The van der Waals surface area contributed by atoms with Crippen LogP contribution in [0.3, 0.4) is 0 Å². The second kappa shape index (κ2) is 9.16. The summed E-state index contributed by atoms with van der Waals surface area (Å²) in [6, 6.07) is 16.3. The van der Waals surface area contributed by atoms with Crippen molar-refractivity contribution >= 4 is 29.0 Å². The van der Waals surface area contributed by atoms with Crippen LogP contribution in [0.5, 0.6) is 0 Å². The number of aliphatic hydroxyl groups excluding tert-OH is 1. The number of hydrogen-bond donors (Lipinski definition) is 2. The highest BCUT2D eigenvalue weighted by Crippen LogP contribution is 2.24. The molecular weight excluding hydrogens is 370 g/mol. The molecule has 2 N–H and O–H groups in total. The number of fused-ring (bicyclic) bond motifs is 1. The van der Waals surface area contributed by atoms with Crippen LogP contribution in [0.25, 0.3) is 10.9 Å². The number of amides is 1. The van der Waals surface area contributed by atoms with Crippen molar-refractivity contribution in [2.75, 3.05) is 6.61 Å². The van der Waals surface area contributed by atoms with Crippen LogP contribution < -0.4 is 5.43 Å². The molecule has 7 nitrogen and oxygen atoms in total. The third-order valence-corrected chi connectivity index (χ3v) is 4.60. The number of hydrazone groups is 1. The smallest absolute Gasteiger partial charge is 0.325 e. The first-order valence-electron chi connectivity index (χ1n) is 9.32. The first kappa shape index (κ1) is 20.3. The van der Waals surface area contributed by atoms with E-state index in [9.17, 15) is 14.7 Å². The van der Waals surface area contributed by atoms with Gasteiger partial charge in [0.25, 0.3) is 5.91 Å². The molecule has 0 aliphatic carbocycles. The van der Waals surface area contributed by atoms with Crippen LogP contribution in [-0.4, -0.2) is 34.4 Å². The molecule has 29 heavy (non-hydrogen) atoms. The number of para-hydroxylation sites is 1. The summed E-state index contributed by atoms with van der Waals surface area (Å²) in [5.74, 6) is -0.945. The van der Waals surface area contributed by atoms with Crippen LogP contribution in [0.2, 0.25) is 0 Å². The standard InChI is InChI=1S/C22H23N3O4/c1-3-29-20(26)14-25-15(2)18(17-11-7-8-12-19(17)25)13-23-24-22(28)21(27)16-9-5-4-6-10-16/h4-13,21,27H,3,14H2,1-2H3,(H,24,28)/b23-13+. The van der Waals surface area contributed by atoms with Crippen LogP contribution in [-0.2, 0) is 20.9 Å². The van der Waals surface area contributed by atoms with Crippen LogP contribution in [0, 0.1) is 6.92 Å². The van der Waals surface area contributed by atoms with Gasteiger partial charge in [-0.25, -0.2) is 5.43 Å². The van der Waals surface area contributed by atoms with Gasteiger partial charge in [-0.2, -0.15) is 5.10 Å². The zero-order valence-electron chi connectivity index (χ0n) is 16.3. The van der Waals surface area contributed by atoms with Crippen molar-refractivity contribution in [3.05, 3.63) is 71.4 Å². The maximum absolute atomic E-state index is 12.2. The van der Waals surface area contributed by atoms with Gasteiger partial charge in [-0.15, -0.1) is 0 Å². The van der Waals surface area contributed by atoms with Gasteiger partial charge in [-0.3, -0.25) is 9.59 Å². The lowest BCUT2D eigenvalue weighted by atomic mass is 10.1. The van der Waals surface area contributed by atoms with E-state index in [-0.39, 0.29) is 12.5 Å². The molecule has 1 atom stereocenters. The molecule has 0 aliphatic heterocycles. The third-order valence-electron chi connectivity index (χ3n) is 4.60. The molecule has 0 spiro atoms. The molecule has 1 aromatic heterocycles. The minimum atomic E-state index is -1.31. The van der Waals surface area contributed by atoms with Crippen LogP contribution in [0.15, 0.2) is 59.7 Å². The number of nitrogens with one attached hydrogen (secondary N) is 1. The quantitative estimate of drug-likeness (QED) is 0.367. The Morgan fingerprint density at radius 3 is 2.59 bits per heavy atom. The van der Waals surface area contributed by atoms with Crippen LogP contribution in [0.4, 0.5) is 0 Å². The zero-order chi connectivity index (χ0) is 20.8. The highest BCUT2D eigenvalue weighted by molar-refractivity contribution is 6.01. The fourth-order valence-electron chi connectivity index (χ4n) is 3.17. The molecule has 1 heterocycles. The topological polar surface area (TPSA) is 92.9 Å². The van der Waals surface area contributed by atoms with Crippen molar-refractivity contribution in [1.82, 2.24) is 9.99 Å². The van der Waals surface area contributed by atoms with Gasteiger partial charge >= 0.3 is 5.97 Å². The molecule has 0 aliphatic rings. The van der Waals surface area contributed by atoms with E-state index < -0.39 is 12.0 Å².